The minimum atomic E-state index is -0.184. The van der Waals surface area contributed by atoms with Crippen molar-refractivity contribution in [1.29, 1.82) is 0 Å². The van der Waals surface area contributed by atoms with E-state index in [-0.39, 0.29) is 24.1 Å². The second-order valence-electron chi connectivity index (χ2n) is 6.41. The van der Waals surface area contributed by atoms with Crippen LogP contribution in [0.5, 0.6) is 5.75 Å². The first-order valence-electron chi connectivity index (χ1n) is 8.97. The fraction of sp³-hybridized carbons (Fsp3) is 0.550. The molecule has 0 amide bonds. The molecule has 136 valence electrons. The van der Waals surface area contributed by atoms with Crippen molar-refractivity contribution in [2.24, 2.45) is 0 Å². The number of aryl methyl sites for hydroxylation is 1. The predicted octanol–water partition coefficient (Wildman–Crippen LogP) is 3.67. The van der Waals surface area contributed by atoms with Crippen LogP contribution in [0.1, 0.15) is 67.3 Å². The van der Waals surface area contributed by atoms with E-state index in [4.69, 9.17) is 4.74 Å². The largest absolute Gasteiger partial charge is 0.486 e. The van der Waals surface area contributed by atoms with Gasteiger partial charge in [-0.2, -0.15) is 0 Å². The van der Waals surface area contributed by atoms with E-state index in [0.29, 0.717) is 25.0 Å². The van der Waals surface area contributed by atoms with Crippen molar-refractivity contribution in [2.45, 2.75) is 57.8 Å². The molecule has 5 nitrogen and oxygen atoms in total. The van der Waals surface area contributed by atoms with Gasteiger partial charge in [-0.15, -0.1) is 0 Å². The summed E-state index contributed by atoms with van der Waals surface area (Å²) in [6, 6.07) is 5.45. The lowest BCUT2D eigenvalue weighted by Crippen LogP contribution is -2.13. The molecule has 0 saturated heterocycles. The van der Waals surface area contributed by atoms with Crippen LogP contribution in [-0.2, 0) is 20.7 Å². The molecule has 0 saturated carbocycles. The molecule has 0 bridgehead atoms. The van der Waals surface area contributed by atoms with Crippen molar-refractivity contribution >= 4 is 17.5 Å². The number of methoxy groups -OCH3 is 1. The molecule has 25 heavy (non-hydrogen) atoms. The van der Waals surface area contributed by atoms with E-state index in [1.165, 1.54) is 7.11 Å². The fourth-order valence-electron chi connectivity index (χ4n) is 3.00. The van der Waals surface area contributed by atoms with Crippen molar-refractivity contribution in [3.8, 4) is 5.75 Å². The number of fused-ring (bicyclic) bond motifs is 1. The maximum atomic E-state index is 11.9. The summed E-state index contributed by atoms with van der Waals surface area (Å²) in [5, 5.41) is 0. The number of benzene rings is 1. The Balaban J connectivity index is 1.63. The first-order valence-corrected chi connectivity index (χ1v) is 8.97. The Morgan fingerprint density at radius 2 is 1.80 bits per heavy atom. The molecule has 0 fully saturated rings. The molecule has 2 rings (SSSR count). The highest BCUT2D eigenvalue weighted by Crippen LogP contribution is 2.25. The first kappa shape index (κ1) is 19.2. The zero-order chi connectivity index (χ0) is 18.1. The van der Waals surface area contributed by atoms with E-state index < -0.39 is 0 Å². The second-order valence-corrected chi connectivity index (χ2v) is 6.41. The average molecular weight is 346 g/mol. The Hall–Kier alpha value is -2.17. The molecule has 5 heteroatoms. The van der Waals surface area contributed by atoms with Crippen LogP contribution in [0.25, 0.3) is 0 Å². The predicted molar refractivity (Wildman–Crippen MR) is 93.9 cm³/mol. The number of carbonyl (C=O) groups excluding carboxylic acids is 3. The first-order chi connectivity index (χ1) is 12.1. The summed E-state index contributed by atoms with van der Waals surface area (Å²) in [6.45, 7) is 0.0644. The van der Waals surface area contributed by atoms with Gasteiger partial charge in [-0.1, -0.05) is 12.8 Å². The smallest absolute Gasteiger partial charge is 0.305 e. The molecular formula is C20H26O5. The van der Waals surface area contributed by atoms with Crippen LogP contribution in [0, 0.1) is 0 Å². The van der Waals surface area contributed by atoms with Gasteiger partial charge in [0, 0.05) is 24.8 Å². The third kappa shape index (κ3) is 6.33. The number of esters is 1. The normalized spacial score (nSPS) is 13.2. The van der Waals surface area contributed by atoms with E-state index in [1.807, 2.05) is 6.07 Å². The Labute approximate surface area is 148 Å². The molecule has 1 aromatic carbocycles. The van der Waals surface area contributed by atoms with Crippen molar-refractivity contribution in [2.75, 3.05) is 13.7 Å². The lowest BCUT2D eigenvalue weighted by molar-refractivity contribution is -0.140. The maximum Gasteiger partial charge on any atom is 0.305 e. The zero-order valence-corrected chi connectivity index (χ0v) is 14.8. The van der Waals surface area contributed by atoms with Crippen LogP contribution in [0.2, 0.25) is 0 Å². The Kier molecular flexibility index (Phi) is 7.64. The molecule has 0 N–H and O–H groups in total. The molecular weight excluding hydrogens is 320 g/mol. The molecule has 0 radical (unpaired) electrons. The highest BCUT2D eigenvalue weighted by atomic mass is 16.5. The van der Waals surface area contributed by atoms with Crippen LogP contribution >= 0.6 is 0 Å². The van der Waals surface area contributed by atoms with Crippen LogP contribution in [0.15, 0.2) is 18.2 Å². The topological polar surface area (TPSA) is 69.7 Å². The summed E-state index contributed by atoms with van der Waals surface area (Å²) in [5.41, 5.74) is 1.81. The second kappa shape index (κ2) is 9.97. The zero-order valence-electron chi connectivity index (χ0n) is 14.8. The minimum Gasteiger partial charge on any atom is -0.486 e. The Morgan fingerprint density at radius 3 is 2.56 bits per heavy atom. The molecule has 1 aliphatic rings. The average Bonchev–Trinajstić information content (AvgIpc) is 2.62. The molecule has 0 unspecified atom stereocenters. The molecule has 1 aromatic rings. The summed E-state index contributed by atoms with van der Waals surface area (Å²) in [6.07, 6.45) is 6.75. The van der Waals surface area contributed by atoms with E-state index in [9.17, 15) is 14.4 Å². The highest BCUT2D eigenvalue weighted by Gasteiger charge is 2.17. The van der Waals surface area contributed by atoms with E-state index in [2.05, 4.69) is 4.74 Å². The van der Waals surface area contributed by atoms with Gasteiger partial charge >= 0.3 is 5.97 Å². The summed E-state index contributed by atoms with van der Waals surface area (Å²) in [4.78, 5) is 34.6. The monoisotopic (exact) mass is 346 g/mol. The number of ketones is 2. The number of hydrogen-bond donors (Lipinski definition) is 0. The van der Waals surface area contributed by atoms with Gasteiger partial charge in [0.15, 0.2) is 11.6 Å². The summed E-state index contributed by atoms with van der Waals surface area (Å²) in [7, 11) is 1.39. The van der Waals surface area contributed by atoms with Crippen LogP contribution in [0.3, 0.4) is 0 Å². The number of hydrogen-bond acceptors (Lipinski definition) is 5. The summed E-state index contributed by atoms with van der Waals surface area (Å²) in [5.74, 6) is 0.731. The lowest BCUT2D eigenvalue weighted by atomic mass is 9.90. The fourth-order valence-corrected chi connectivity index (χ4v) is 3.00. The standard InChI is InChI=1S/C20H26O5/c1-24-20(23)10-5-3-2-4-8-16(21)14-25-17-11-12-18-15(13-17)7-6-9-19(18)22/h11-13H,2-10,14H2,1H3. The third-order valence-corrected chi connectivity index (χ3v) is 4.44. The van der Waals surface area contributed by atoms with Gasteiger partial charge < -0.3 is 9.47 Å². The molecule has 0 aliphatic heterocycles. The quantitative estimate of drug-likeness (QED) is 0.477. The molecule has 0 atom stereocenters. The number of carbonyl (C=O) groups is 3. The van der Waals surface area contributed by atoms with E-state index in [0.717, 1.165) is 49.7 Å². The van der Waals surface area contributed by atoms with Gasteiger partial charge in [0.1, 0.15) is 12.4 Å². The van der Waals surface area contributed by atoms with Gasteiger partial charge in [-0.05, 0) is 49.4 Å². The molecule has 1 aliphatic carbocycles. The van der Waals surface area contributed by atoms with Gasteiger partial charge in [-0.3, -0.25) is 14.4 Å². The number of unbranched alkanes of at least 4 members (excludes halogenated alkanes) is 3. The van der Waals surface area contributed by atoms with Crippen LogP contribution < -0.4 is 4.74 Å². The van der Waals surface area contributed by atoms with Gasteiger partial charge in [0.2, 0.25) is 0 Å². The van der Waals surface area contributed by atoms with Crippen molar-refractivity contribution < 1.29 is 23.9 Å². The Morgan fingerprint density at radius 1 is 1.04 bits per heavy atom. The van der Waals surface area contributed by atoms with Crippen LogP contribution in [-0.4, -0.2) is 31.3 Å². The lowest BCUT2D eigenvalue weighted by Gasteiger charge is -2.15. The third-order valence-electron chi connectivity index (χ3n) is 4.44. The summed E-state index contributed by atoms with van der Waals surface area (Å²) < 4.78 is 10.2. The SMILES string of the molecule is COC(=O)CCCCCCC(=O)COc1ccc2c(c1)CCCC2=O. The van der Waals surface area contributed by atoms with Gasteiger partial charge in [-0.25, -0.2) is 0 Å². The van der Waals surface area contributed by atoms with E-state index in [1.54, 1.807) is 12.1 Å². The molecule has 0 spiro atoms. The summed E-state index contributed by atoms with van der Waals surface area (Å²) >= 11 is 0. The van der Waals surface area contributed by atoms with E-state index >= 15 is 0 Å². The number of rotatable bonds is 10. The van der Waals surface area contributed by atoms with Crippen LogP contribution in [0.4, 0.5) is 0 Å². The molecule has 0 aromatic heterocycles. The number of ether oxygens (including phenoxy) is 2. The number of Topliss-reactive ketones (excluding diaryl/α,β-unsaturated/α-hetero) is 2. The van der Waals surface area contributed by atoms with Crippen molar-refractivity contribution in [3.05, 3.63) is 29.3 Å². The molecule has 0 heterocycles. The highest BCUT2D eigenvalue weighted by molar-refractivity contribution is 5.98. The Bertz CT molecular complexity index is 621. The van der Waals surface area contributed by atoms with Gasteiger partial charge in [0.25, 0.3) is 0 Å². The van der Waals surface area contributed by atoms with Crippen molar-refractivity contribution in [1.82, 2.24) is 0 Å². The minimum absolute atomic E-state index is 0.0644. The maximum absolute atomic E-state index is 11.9. The van der Waals surface area contributed by atoms with Gasteiger partial charge in [0.05, 0.1) is 7.11 Å². The van der Waals surface area contributed by atoms with Crippen molar-refractivity contribution in [3.63, 3.8) is 0 Å².